The number of hydrogen-bond acceptors (Lipinski definition) is 3. The summed E-state index contributed by atoms with van der Waals surface area (Å²) in [6.07, 6.45) is 19.6. The molecule has 0 aliphatic carbocycles. The van der Waals surface area contributed by atoms with E-state index in [2.05, 4.69) is 4.99 Å². The lowest BCUT2D eigenvalue weighted by molar-refractivity contribution is -0.111. The van der Waals surface area contributed by atoms with Gasteiger partial charge < -0.3 is 0 Å². The molecule has 22 heavy (non-hydrogen) atoms. The lowest BCUT2D eigenvalue weighted by atomic mass is 10.0. The zero-order valence-corrected chi connectivity index (χ0v) is 14.7. The van der Waals surface area contributed by atoms with Gasteiger partial charge in [-0.2, -0.15) is 0 Å². The molecule has 3 nitrogen and oxygen atoms in total. The van der Waals surface area contributed by atoms with Gasteiger partial charge in [0, 0.05) is 6.42 Å². The Labute approximate surface area is 140 Å². The van der Waals surface area contributed by atoms with Gasteiger partial charge in [-0.3, -0.25) is 4.79 Å². The van der Waals surface area contributed by atoms with E-state index >= 15 is 0 Å². The minimum atomic E-state index is -0.200. The summed E-state index contributed by atoms with van der Waals surface area (Å²) >= 11 is 5.29. The molecule has 0 atom stereocenters. The Hall–Kier alpha value is -0.660. The van der Waals surface area contributed by atoms with Gasteiger partial charge in [0.25, 0.3) is 0 Å². The van der Waals surface area contributed by atoms with Crippen LogP contribution in [0.25, 0.3) is 0 Å². The summed E-state index contributed by atoms with van der Waals surface area (Å²) in [4.78, 5) is 24.0. The van der Waals surface area contributed by atoms with Gasteiger partial charge in [-0.15, -0.1) is 0 Å². The summed E-state index contributed by atoms with van der Waals surface area (Å²) in [5.74, 6) is 0. The van der Waals surface area contributed by atoms with Crippen molar-refractivity contribution in [1.82, 2.24) is 0 Å². The number of nitrogens with zero attached hydrogens (tertiary/aromatic N) is 1. The molecule has 4 heteroatoms. The lowest BCUT2D eigenvalue weighted by Crippen LogP contribution is -1.87. The van der Waals surface area contributed by atoms with E-state index in [9.17, 15) is 9.59 Å². The molecule has 0 fully saturated rings. The second-order valence-electron chi connectivity index (χ2n) is 6.03. The molecule has 0 N–H and O–H groups in total. The van der Waals surface area contributed by atoms with E-state index in [0.717, 1.165) is 19.3 Å². The smallest absolute Gasteiger partial charge is 0.234 e. The highest BCUT2D eigenvalue weighted by Gasteiger charge is 1.96. The van der Waals surface area contributed by atoms with E-state index in [1.165, 1.54) is 70.6 Å². The first-order valence-corrected chi connectivity index (χ1v) is 9.37. The van der Waals surface area contributed by atoms with Crippen LogP contribution >= 0.6 is 11.6 Å². The summed E-state index contributed by atoms with van der Waals surface area (Å²) in [6, 6.07) is 0. The third-order valence-electron chi connectivity index (χ3n) is 3.96. The molecular formula is C18H32ClNO2. The maximum Gasteiger partial charge on any atom is 0.234 e. The van der Waals surface area contributed by atoms with E-state index in [1.54, 1.807) is 6.08 Å². The average molecular weight is 330 g/mol. The van der Waals surface area contributed by atoms with Gasteiger partial charge in [-0.05, 0) is 24.4 Å². The molecule has 0 amide bonds. The molecule has 0 spiro atoms. The zero-order valence-electron chi connectivity index (χ0n) is 14.0. The molecule has 0 rings (SSSR count). The van der Waals surface area contributed by atoms with E-state index in [4.69, 9.17) is 11.6 Å². The maximum atomic E-state index is 10.6. The second kappa shape index (κ2) is 18.4. The van der Waals surface area contributed by atoms with Gasteiger partial charge in [-0.1, -0.05) is 77.0 Å². The van der Waals surface area contributed by atoms with Crippen LogP contribution in [0.15, 0.2) is 4.99 Å². The first kappa shape index (κ1) is 21.3. The summed E-state index contributed by atoms with van der Waals surface area (Å²) < 4.78 is 0. The van der Waals surface area contributed by atoms with Crippen molar-refractivity contribution in [3.05, 3.63) is 0 Å². The van der Waals surface area contributed by atoms with Crippen LogP contribution < -0.4 is 0 Å². The molecular weight excluding hydrogens is 298 g/mol. The van der Waals surface area contributed by atoms with Crippen molar-refractivity contribution in [3.63, 3.8) is 0 Å². The molecule has 0 aliphatic rings. The van der Waals surface area contributed by atoms with Crippen LogP contribution in [-0.2, 0) is 9.59 Å². The molecule has 128 valence electrons. The Morgan fingerprint density at radius 2 is 1.05 bits per heavy atom. The molecule has 0 aromatic rings. The molecule has 0 aromatic heterocycles. The fourth-order valence-electron chi connectivity index (χ4n) is 2.62. The topological polar surface area (TPSA) is 46.5 Å². The quantitative estimate of drug-likeness (QED) is 0.143. The Kier molecular flexibility index (Phi) is 17.8. The van der Waals surface area contributed by atoms with E-state index < -0.39 is 0 Å². The van der Waals surface area contributed by atoms with E-state index in [1.807, 2.05) is 0 Å². The molecule has 0 unspecified atom stereocenters. The number of rotatable bonds is 17. The van der Waals surface area contributed by atoms with Crippen molar-refractivity contribution >= 4 is 22.9 Å². The minimum absolute atomic E-state index is 0.200. The molecule has 0 bridgehead atoms. The van der Waals surface area contributed by atoms with Gasteiger partial charge in [0.1, 0.15) is 0 Å². The first-order valence-electron chi connectivity index (χ1n) is 8.99. The molecule has 0 radical (unpaired) electrons. The van der Waals surface area contributed by atoms with Crippen molar-refractivity contribution in [1.29, 1.82) is 0 Å². The van der Waals surface area contributed by atoms with Gasteiger partial charge in [0.2, 0.25) is 11.3 Å². The number of unbranched alkanes of at least 4 members (excludes halogenated alkanes) is 13. The molecule has 0 heterocycles. The van der Waals surface area contributed by atoms with Crippen molar-refractivity contribution in [2.45, 2.75) is 96.3 Å². The fourth-order valence-corrected chi connectivity index (χ4v) is 2.76. The Bertz CT molecular complexity index is 285. The molecule has 0 aromatic carbocycles. The van der Waals surface area contributed by atoms with Crippen molar-refractivity contribution in [3.8, 4) is 0 Å². The lowest BCUT2D eigenvalue weighted by Gasteiger charge is -2.03. The standard InChI is InChI=1S/C18H32ClNO2/c19-18(22)15-13-11-9-7-5-3-1-2-4-6-8-10-12-14-16-20-17-21/h1-16H2. The van der Waals surface area contributed by atoms with Crippen molar-refractivity contribution < 1.29 is 9.59 Å². The Morgan fingerprint density at radius 3 is 1.41 bits per heavy atom. The number of carbonyl (C=O) groups is 1. The maximum absolute atomic E-state index is 10.6. The molecule has 0 saturated heterocycles. The monoisotopic (exact) mass is 329 g/mol. The first-order chi connectivity index (χ1) is 10.8. The minimum Gasteiger partial charge on any atom is -0.281 e. The van der Waals surface area contributed by atoms with Crippen LogP contribution in [0.1, 0.15) is 96.3 Å². The van der Waals surface area contributed by atoms with Crippen molar-refractivity contribution in [2.24, 2.45) is 4.99 Å². The van der Waals surface area contributed by atoms with Crippen molar-refractivity contribution in [2.75, 3.05) is 6.54 Å². The van der Waals surface area contributed by atoms with Crippen LogP contribution in [-0.4, -0.2) is 17.9 Å². The predicted octanol–water partition coefficient (Wildman–Crippen LogP) is 5.94. The van der Waals surface area contributed by atoms with Crippen LogP contribution in [0.3, 0.4) is 0 Å². The number of aliphatic imine (C=N–C) groups is 1. The average Bonchev–Trinajstić information content (AvgIpc) is 2.50. The SMILES string of the molecule is O=C=NCCCCCCCCCCCCCCCCC(=O)Cl. The zero-order chi connectivity index (χ0) is 16.3. The number of carbonyl (C=O) groups excluding carboxylic acids is 2. The normalized spacial score (nSPS) is 10.4. The third-order valence-corrected chi connectivity index (χ3v) is 4.15. The Balaban J connectivity index is 2.99. The highest BCUT2D eigenvalue weighted by Crippen LogP contribution is 2.13. The van der Waals surface area contributed by atoms with Gasteiger partial charge >= 0.3 is 0 Å². The highest BCUT2D eigenvalue weighted by molar-refractivity contribution is 6.63. The van der Waals surface area contributed by atoms with Gasteiger partial charge in [0.05, 0.1) is 6.54 Å². The van der Waals surface area contributed by atoms with E-state index in [0.29, 0.717) is 13.0 Å². The van der Waals surface area contributed by atoms with Gasteiger partial charge in [-0.25, -0.2) is 9.79 Å². The number of isocyanates is 1. The van der Waals surface area contributed by atoms with Crippen LogP contribution in [0, 0.1) is 0 Å². The van der Waals surface area contributed by atoms with E-state index in [-0.39, 0.29) is 5.24 Å². The van der Waals surface area contributed by atoms with Gasteiger partial charge in [0.15, 0.2) is 0 Å². The Morgan fingerprint density at radius 1 is 0.682 bits per heavy atom. The predicted molar refractivity (Wildman–Crippen MR) is 93.1 cm³/mol. The van der Waals surface area contributed by atoms with Crippen LogP contribution in [0.5, 0.6) is 0 Å². The number of halogens is 1. The summed E-state index contributed by atoms with van der Waals surface area (Å²) in [5, 5.41) is -0.200. The second-order valence-corrected chi connectivity index (χ2v) is 6.45. The molecule has 0 aliphatic heterocycles. The van der Waals surface area contributed by atoms with Crippen LogP contribution in [0.2, 0.25) is 0 Å². The van der Waals surface area contributed by atoms with Crippen LogP contribution in [0.4, 0.5) is 0 Å². The highest BCUT2D eigenvalue weighted by atomic mass is 35.5. The summed E-state index contributed by atoms with van der Waals surface area (Å²) in [6.45, 7) is 0.645. The number of hydrogen-bond donors (Lipinski definition) is 0. The fraction of sp³-hybridized carbons (Fsp3) is 0.889. The summed E-state index contributed by atoms with van der Waals surface area (Å²) in [7, 11) is 0. The largest absolute Gasteiger partial charge is 0.281 e. The third kappa shape index (κ3) is 19.3. The molecule has 0 saturated carbocycles. The summed E-state index contributed by atoms with van der Waals surface area (Å²) in [5.41, 5.74) is 0.